The summed E-state index contributed by atoms with van der Waals surface area (Å²) in [5.74, 6) is -0.749. The van der Waals surface area contributed by atoms with E-state index in [2.05, 4.69) is 5.32 Å². The molecule has 6 nitrogen and oxygen atoms in total. The minimum Gasteiger partial charge on any atom is -0.508 e. The summed E-state index contributed by atoms with van der Waals surface area (Å²) in [6.45, 7) is 1.15. The number of carboxylic acids is 1. The number of aliphatic carboxylic acids is 1. The number of phenolic OH excluding ortho intramolecular Hbond substituents is 1. The van der Waals surface area contributed by atoms with E-state index in [0.29, 0.717) is 13.1 Å². The number of carbonyl (C=O) groups excluding carboxylic acids is 1. The second-order valence-corrected chi connectivity index (χ2v) is 4.50. The van der Waals surface area contributed by atoms with Gasteiger partial charge in [-0.1, -0.05) is 6.07 Å². The Bertz CT molecular complexity index is 501. The van der Waals surface area contributed by atoms with Crippen LogP contribution >= 0.6 is 0 Å². The molecule has 0 saturated carbocycles. The normalized spacial score (nSPS) is 13.8. The fourth-order valence-electron chi connectivity index (χ4n) is 2.11. The van der Waals surface area contributed by atoms with E-state index < -0.39 is 5.97 Å². The van der Waals surface area contributed by atoms with Crippen LogP contribution in [0.3, 0.4) is 0 Å². The number of amides is 2. The number of benzene rings is 1. The number of rotatable bonds is 3. The van der Waals surface area contributed by atoms with E-state index >= 15 is 0 Å². The van der Waals surface area contributed by atoms with E-state index in [1.807, 2.05) is 6.07 Å². The molecule has 0 aliphatic carbocycles. The van der Waals surface area contributed by atoms with Gasteiger partial charge in [-0.3, -0.25) is 4.79 Å². The molecule has 0 aromatic heterocycles. The second kappa shape index (κ2) is 5.60. The molecule has 2 rings (SSSR count). The zero-order valence-electron chi connectivity index (χ0n) is 10.4. The molecule has 1 aromatic carbocycles. The van der Waals surface area contributed by atoms with Gasteiger partial charge in [0.1, 0.15) is 5.75 Å². The first-order valence-electron chi connectivity index (χ1n) is 6.11. The van der Waals surface area contributed by atoms with Gasteiger partial charge < -0.3 is 20.4 Å². The van der Waals surface area contributed by atoms with Crippen LogP contribution in [-0.4, -0.2) is 40.2 Å². The standard InChI is InChI=1S/C13H16N2O4/c16-11-2-1-9-4-6-15(8-10(9)7-11)13(19)14-5-3-12(17)18/h1-2,7,16H,3-6,8H2,(H,14,19)(H,17,18). The van der Waals surface area contributed by atoms with E-state index in [1.54, 1.807) is 17.0 Å². The maximum atomic E-state index is 11.8. The second-order valence-electron chi connectivity index (χ2n) is 4.50. The number of nitrogens with zero attached hydrogens (tertiary/aromatic N) is 1. The Morgan fingerprint density at radius 3 is 2.84 bits per heavy atom. The van der Waals surface area contributed by atoms with Crippen LogP contribution in [0.4, 0.5) is 4.79 Å². The summed E-state index contributed by atoms with van der Waals surface area (Å²) >= 11 is 0. The van der Waals surface area contributed by atoms with Crippen LogP contribution in [0.25, 0.3) is 0 Å². The van der Waals surface area contributed by atoms with Crippen molar-refractivity contribution in [2.24, 2.45) is 0 Å². The molecule has 1 aromatic rings. The van der Waals surface area contributed by atoms with Crippen molar-refractivity contribution in [3.8, 4) is 5.75 Å². The Morgan fingerprint density at radius 1 is 1.32 bits per heavy atom. The van der Waals surface area contributed by atoms with Gasteiger partial charge in [-0.2, -0.15) is 0 Å². The number of nitrogens with one attached hydrogen (secondary N) is 1. The van der Waals surface area contributed by atoms with Gasteiger partial charge in [-0.05, 0) is 29.7 Å². The summed E-state index contributed by atoms with van der Waals surface area (Å²) < 4.78 is 0. The number of urea groups is 1. The molecule has 0 spiro atoms. The third-order valence-corrected chi connectivity index (χ3v) is 3.10. The molecule has 102 valence electrons. The number of hydrogen-bond acceptors (Lipinski definition) is 3. The van der Waals surface area contributed by atoms with Gasteiger partial charge in [-0.25, -0.2) is 4.79 Å². The highest BCUT2D eigenvalue weighted by Crippen LogP contribution is 2.22. The Labute approximate surface area is 110 Å². The number of carbonyl (C=O) groups is 2. The molecule has 0 atom stereocenters. The number of carboxylic acid groups (broad SMARTS) is 1. The molecular formula is C13H16N2O4. The van der Waals surface area contributed by atoms with Gasteiger partial charge in [-0.15, -0.1) is 0 Å². The Morgan fingerprint density at radius 2 is 2.11 bits per heavy atom. The molecule has 1 heterocycles. The van der Waals surface area contributed by atoms with Crippen LogP contribution in [0.5, 0.6) is 5.75 Å². The van der Waals surface area contributed by atoms with Crippen LogP contribution in [-0.2, 0) is 17.8 Å². The third-order valence-electron chi connectivity index (χ3n) is 3.10. The van der Waals surface area contributed by atoms with Crippen molar-refractivity contribution in [2.45, 2.75) is 19.4 Å². The minimum absolute atomic E-state index is 0.0864. The number of aromatic hydroxyl groups is 1. The summed E-state index contributed by atoms with van der Waals surface area (Å²) in [6, 6.07) is 4.90. The summed E-state index contributed by atoms with van der Waals surface area (Å²) in [6.07, 6.45) is 0.652. The van der Waals surface area contributed by atoms with E-state index in [0.717, 1.165) is 17.5 Å². The lowest BCUT2D eigenvalue weighted by Crippen LogP contribution is -2.43. The molecule has 0 bridgehead atoms. The maximum absolute atomic E-state index is 11.8. The van der Waals surface area contributed by atoms with Gasteiger partial charge in [0.2, 0.25) is 0 Å². The average Bonchev–Trinajstić information content (AvgIpc) is 2.37. The molecule has 2 amide bonds. The molecular weight excluding hydrogens is 248 g/mol. The van der Waals surface area contributed by atoms with E-state index in [-0.39, 0.29) is 24.7 Å². The van der Waals surface area contributed by atoms with Crippen LogP contribution < -0.4 is 5.32 Å². The molecule has 1 aliphatic rings. The smallest absolute Gasteiger partial charge is 0.317 e. The predicted molar refractivity (Wildman–Crippen MR) is 67.9 cm³/mol. The Hall–Kier alpha value is -2.24. The topological polar surface area (TPSA) is 89.9 Å². The van der Waals surface area contributed by atoms with Crippen molar-refractivity contribution in [1.29, 1.82) is 0 Å². The van der Waals surface area contributed by atoms with Gasteiger partial charge in [0.15, 0.2) is 0 Å². The monoisotopic (exact) mass is 264 g/mol. The molecule has 6 heteroatoms. The Kier molecular flexibility index (Phi) is 3.89. The highest BCUT2D eigenvalue weighted by molar-refractivity contribution is 5.75. The molecule has 1 aliphatic heterocycles. The lowest BCUT2D eigenvalue weighted by Gasteiger charge is -2.29. The molecule has 0 unspecified atom stereocenters. The SMILES string of the molecule is O=C(O)CCNC(=O)N1CCc2ccc(O)cc2C1. The van der Waals surface area contributed by atoms with E-state index in [9.17, 15) is 14.7 Å². The highest BCUT2D eigenvalue weighted by Gasteiger charge is 2.20. The van der Waals surface area contributed by atoms with Crippen LogP contribution in [0.1, 0.15) is 17.5 Å². The zero-order valence-corrected chi connectivity index (χ0v) is 10.4. The summed E-state index contributed by atoms with van der Waals surface area (Å²) in [5.41, 5.74) is 2.06. The quantitative estimate of drug-likeness (QED) is 0.757. The van der Waals surface area contributed by atoms with Crippen molar-refractivity contribution in [3.05, 3.63) is 29.3 Å². The summed E-state index contributed by atoms with van der Waals surface area (Å²) in [5, 5.41) is 20.5. The van der Waals surface area contributed by atoms with Crippen LogP contribution in [0, 0.1) is 0 Å². The average molecular weight is 264 g/mol. The first-order chi connectivity index (χ1) is 9.06. The molecule has 0 fully saturated rings. The van der Waals surface area contributed by atoms with Crippen molar-refractivity contribution >= 4 is 12.0 Å². The van der Waals surface area contributed by atoms with Crippen LogP contribution in [0.15, 0.2) is 18.2 Å². The lowest BCUT2D eigenvalue weighted by atomic mass is 10.00. The highest BCUT2D eigenvalue weighted by atomic mass is 16.4. The summed E-state index contributed by atoms with van der Waals surface area (Å²) in [7, 11) is 0. The molecule has 0 radical (unpaired) electrons. The van der Waals surface area contributed by atoms with E-state index in [1.165, 1.54) is 0 Å². The van der Waals surface area contributed by atoms with E-state index in [4.69, 9.17) is 5.11 Å². The minimum atomic E-state index is -0.936. The first-order valence-corrected chi connectivity index (χ1v) is 6.11. The molecule has 19 heavy (non-hydrogen) atoms. The predicted octanol–water partition coefficient (Wildman–Crippen LogP) is 0.935. The molecule has 3 N–H and O–H groups in total. The Balaban J connectivity index is 1.93. The molecule has 0 saturated heterocycles. The van der Waals surface area contributed by atoms with Gasteiger partial charge in [0, 0.05) is 19.6 Å². The number of hydrogen-bond donors (Lipinski definition) is 3. The zero-order chi connectivity index (χ0) is 13.8. The number of phenols is 1. The largest absolute Gasteiger partial charge is 0.508 e. The van der Waals surface area contributed by atoms with Gasteiger partial charge in [0.25, 0.3) is 0 Å². The fraction of sp³-hybridized carbons (Fsp3) is 0.385. The maximum Gasteiger partial charge on any atom is 0.317 e. The van der Waals surface area contributed by atoms with Crippen molar-refractivity contribution in [1.82, 2.24) is 10.2 Å². The third kappa shape index (κ3) is 3.37. The lowest BCUT2D eigenvalue weighted by molar-refractivity contribution is -0.136. The fourth-order valence-corrected chi connectivity index (χ4v) is 2.11. The van der Waals surface area contributed by atoms with Gasteiger partial charge in [0.05, 0.1) is 6.42 Å². The van der Waals surface area contributed by atoms with Crippen molar-refractivity contribution in [3.63, 3.8) is 0 Å². The first kappa shape index (κ1) is 13.2. The van der Waals surface area contributed by atoms with Gasteiger partial charge >= 0.3 is 12.0 Å². The number of fused-ring (bicyclic) bond motifs is 1. The van der Waals surface area contributed by atoms with Crippen LogP contribution in [0.2, 0.25) is 0 Å². The van der Waals surface area contributed by atoms with Crippen molar-refractivity contribution in [2.75, 3.05) is 13.1 Å². The summed E-state index contributed by atoms with van der Waals surface area (Å²) in [4.78, 5) is 23.8. The van der Waals surface area contributed by atoms with Crippen molar-refractivity contribution < 1.29 is 19.8 Å².